The van der Waals surface area contributed by atoms with Gasteiger partial charge in [0.05, 0.1) is 11.3 Å². The minimum atomic E-state index is -0.363. The van der Waals surface area contributed by atoms with Gasteiger partial charge in [0.1, 0.15) is 12.1 Å². The summed E-state index contributed by atoms with van der Waals surface area (Å²) in [7, 11) is 1.82. The van der Waals surface area contributed by atoms with Gasteiger partial charge in [0.25, 0.3) is 0 Å². The third-order valence-electron chi connectivity index (χ3n) is 4.17. The van der Waals surface area contributed by atoms with E-state index < -0.39 is 0 Å². The average molecular weight is 334 g/mol. The Bertz CT molecular complexity index is 927. The Morgan fingerprint density at radius 2 is 1.92 bits per heavy atom. The summed E-state index contributed by atoms with van der Waals surface area (Å²) in [4.78, 5) is 21.3. The molecule has 1 fully saturated rings. The minimum absolute atomic E-state index is 0.363. The molecule has 1 saturated carbocycles. The van der Waals surface area contributed by atoms with Crippen molar-refractivity contribution in [2.75, 3.05) is 0 Å². The Hall–Kier alpha value is -3.02. The number of carbonyl (C=O) groups excluding carboxylic acids is 1. The minimum Gasteiger partial charge on any atom is -0.423 e. The van der Waals surface area contributed by atoms with Crippen LogP contribution in [0.1, 0.15) is 40.5 Å². The largest absolute Gasteiger partial charge is 0.423 e. The highest BCUT2D eigenvalue weighted by Gasteiger charge is 2.30. The summed E-state index contributed by atoms with van der Waals surface area (Å²) in [6, 6.07) is 10.8. The number of carbonyl (C=O) groups is 1. The van der Waals surface area contributed by atoms with Crippen LogP contribution in [0.2, 0.25) is 0 Å². The highest BCUT2D eigenvalue weighted by molar-refractivity contribution is 5.92. The molecule has 0 atom stereocenters. The average Bonchev–Trinajstić information content (AvgIpc) is 3.36. The topological polar surface area (TPSA) is 69.9 Å². The molecule has 6 nitrogen and oxygen atoms in total. The van der Waals surface area contributed by atoms with Crippen LogP contribution in [-0.4, -0.2) is 25.7 Å². The fourth-order valence-corrected chi connectivity index (χ4v) is 2.72. The number of ether oxygens (including phenoxy) is 1. The molecular formula is C19H18N4O2. The lowest BCUT2D eigenvalue weighted by Crippen LogP contribution is -2.12. The van der Waals surface area contributed by atoms with E-state index >= 15 is 0 Å². The van der Waals surface area contributed by atoms with Crippen LogP contribution in [0.4, 0.5) is 0 Å². The van der Waals surface area contributed by atoms with Crippen LogP contribution < -0.4 is 4.74 Å². The molecular weight excluding hydrogens is 316 g/mol. The van der Waals surface area contributed by atoms with Crippen LogP contribution in [0.5, 0.6) is 5.75 Å². The zero-order valence-electron chi connectivity index (χ0n) is 14.1. The molecule has 2 heterocycles. The van der Waals surface area contributed by atoms with Gasteiger partial charge in [-0.3, -0.25) is 9.67 Å². The molecule has 25 heavy (non-hydrogen) atoms. The fraction of sp³-hybridized carbons (Fsp3) is 0.263. The van der Waals surface area contributed by atoms with Crippen LogP contribution in [0, 0.1) is 6.92 Å². The number of rotatable bonds is 4. The maximum atomic E-state index is 12.5. The normalized spacial score (nSPS) is 13.7. The van der Waals surface area contributed by atoms with Gasteiger partial charge in [-0.25, -0.2) is 9.78 Å². The van der Waals surface area contributed by atoms with E-state index in [2.05, 4.69) is 15.1 Å². The number of aryl methyl sites for hydroxylation is 2. The van der Waals surface area contributed by atoms with Gasteiger partial charge in [0.15, 0.2) is 5.82 Å². The first-order valence-electron chi connectivity index (χ1n) is 8.26. The molecule has 0 unspecified atom stereocenters. The number of benzene rings is 1. The maximum absolute atomic E-state index is 12.5. The Balaban J connectivity index is 1.53. The second kappa shape index (κ2) is 6.12. The van der Waals surface area contributed by atoms with Crippen molar-refractivity contribution in [2.24, 2.45) is 7.05 Å². The molecule has 6 heteroatoms. The molecule has 1 aliphatic carbocycles. The highest BCUT2D eigenvalue weighted by Crippen LogP contribution is 2.40. The Labute approximate surface area is 145 Å². The van der Waals surface area contributed by atoms with Crippen molar-refractivity contribution in [2.45, 2.75) is 25.7 Å². The number of aromatic nitrogens is 4. The van der Waals surface area contributed by atoms with Crippen LogP contribution in [0.25, 0.3) is 11.4 Å². The van der Waals surface area contributed by atoms with E-state index in [0.29, 0.717) is 23.1 Å². The van der Waals surface area contributed by atoms with Crippen molar-refractivity contribution in [3.8, 4) is 17.1 Å². The summed E-state index contributed by atoms with van der Waals surface area (Å²) in [6.07, 6.45) is 3.82. The van der Waals surface area contributed by atoms with E-state index in [1.807, 2.05) is 38.2 Å². The summed E-state index contributed by atoms with van der Waals surface area (Å²) in [5.74, 6) is 1.16. The van der Waals surface area contributed by atoms with E-state index in [0.717, 1.165) is 29.8 Å². The lowest BCUT2D eigenvalue weighted by Gasteiger charge is -2.09. The van der Waals surface area contributed by atoms with Gasteiger partial charge in [-0.1, -0.05) is 0 Å². The summed E-state index contributed by atoms with van der Waals surface area (Å²) in [5, 5.41) is 4.25. The number of esters is 1. The first-order valence-corrected chi connectivity index (χ1v) is 8.26. The SMILES string of the molecule is Cc1ccc(C(=O)Oc2ccc(-c3ncn(C)n3)cc2)c(C2CC2)n1. The Morgan fingerprint density at radius 3 is 2.56 bits per heavy atom. The Kier molecular flexibility index (Phi) is 3.80. The van der Waals surface area contributed by atoms with Crippen LogP contribution >= 0.6 is 0 Å². The van der Waals surface area contributed by atoms with E-state index in [9.17, 15) is 4.79 Å². The number of nitrogens with zero attached hydrogens (tertiary/aromatic N) is 4. The first-order chi connectivity index (χ1) is 12.1. The zero-order valence-corrected chi connectivity index (χ0v) is 14.1. The van der Waals surface area contributed by atoms with Crippen LogP contribution in [0.3, 0.4) is 0 Å². The second-order valence-corrected chi connectivity index (χ2v) is 6.32. The predicted molar refractivity (Wildman–Crippen MR) is 92.3 cm³/mol. The van der Waals surface area contributed by atoms with Gasteiger partial charge in [-0.15, -0.1) is 0 Å². The summed E-state index contributed by atoms with van der Waals surface area (Å²) < 4.78 is 7.18. The maximum Gasteiger partial charge on any atom is 0.345 e. The van der Waals surface area contributed by atoms with Crippen molar-refractivity contribution in [3.05, 3.63) is 59.7 Å². The smallest absolute Gasteiger partial charge is 0.345 e. The standard InChI is InChI=1S/C19H18N4O2/c1-12-3-10-16(17(21-12)13-4-5-13)19(24)25-15-8-6-14(7-9-15)18-20-11-23(2)22-18/h3,6-11,13H,4-5H2,1-2H3. The third kappa shape index (κ3) is 3.28. The van der Waals surface area contributed by atoms with Gasteiger partial charge in [-0.2, -0.15) is 5.10 Å². The molecule has 0 radical (unpaired) electrons. The molecule has 1 aliphatic rings. The van der Waals surface area contributed by atoms with E-state index in [1.165, 1.54) is 0 Å². The second-order valence-electron chi connectivity index (χ2n) is 6.32. The molecule has 0 bridgehead atoms. The van der Waals surface area contributed by atoms with Gasteiger partial charge in [0.2, 0.25) is 0 Å². The van der Waals surface area contributed by atoms with Crippen LogP contribution in [-0.2, 0) is 7.05 Å². The van der Waals surface area contributed by atoms with E-state index in [4.69, 9.17) is 4.74 Å². The van der Waals surface area contributed by atoms with Crippen molar-refractivity contribution >= 4 is 5.97 Å². The van der Waals surface area contributed by atoms with Crippen molar-refractivity contribution < 1.29 is 9.53 Å². The molecule has 0 saturated heterocycles. The van der Waals surface area contributed by atoms with Crippen LogP contribution in [0.15, 0.2) is 42.7 Å². The fourth-order valence-electron chi connectivity index (χ4n) is 2.72. The molecule has 0 N–H and O–H groups in total. The van der Waals surface area contributed by atoms with E-state index in [1.54, 1.807) is 23.1 Å². The molecule has 0 spiro atoms. The van der Waals surface area contributed by atoms with Crippen molar-refractivity contribution in [1.82, 2.24) is 19.7 Å². The lowest BCUT2D eigenvalue weighted by molar-refractivity contribution is 0.0733. The van der Waals surface area contributed by atoms with Gasteiger partial charge >= 0.3 is 5.97 Å². The monoisotopic (exact) mass is 334 g/mol. The summed E-state index contributed by atoms with van der Waals surface area (Å²) in [6.45, 7) is 1.94. The molecule has 2 aromatic heterocycles. The quantitative estimate of drug-likeness (QED) is 0.541. The van der Waals surface area contributed by atoms with E-state index in [-0.39, 0.29) is 5.97 Å². The predicted octanol–water partition coefficient (Wildman–Crippen LogP) is 3.28. The molecule has 1 aromatic carbocycles. The lowest BCUT2D eigenvalue weighted by atomic mass is 10.1. The molecule has 126 valence electrons. The van der Waals surface area contributed by atoms with Crippen molar-refractivity contribution in [3.63, 3.8) is 0 Å². The first kappa shape index (κ1) is 15.5. The summed E-state index contributed by atoms with van der Waals surface area (Å²) >= 11 is 0. The number of hydrogen-bond donors (Lipinski definition) is 0. The highest BCUT2D eigenvalue weighted by atomic mass is 16.5. The molecule has 0 amide bonds. The third-order valence-corrected chi connectivity index (χ3v) is 4.17. The van der Waals surface area contributed by atoms with Gasteiger partial charge in [-0.05, 0) is 56.2 Å². The van der Waals surface area contributed by atoms with Gasteiger partial charge in [0, 0.05) is 24.2 Å². The molecule has 3 aromatic rings. The Morgan fingerprint density at radius 1 is 1.16 bits per heavy atom. The van der Waals surface area contributed by atoms with Gasteiger partial charge < -0.3 is 4.74 Å². The zero-order chi connectivity index (χ0) is 17.4. The molecule has 4 rings (SSSR count). The number of pyridine rings is 1. The number of hydrogen-bond acceptors (Lipinski definition) is 5. The summed E-state index contributed by atoms with van der Waals surface area (Å²) in [5.41, 5.74) is 3.21. The molecule has 0 aliphatic heterocycles. The van der Waals surface area contributed by atoms with Crippen molar-refractivity contribution in [1.29, 1.82) is 0 Å².